The number of hydrogen-bond acceptors (Lipinski definition) is 6. The van der Waals surface area contributed by atoms with E-state index < -0.39 is 18.1 Å². The van der Waals surface area contributed by atoms with E-state index in [0.717, 1.165) is 83.5 Å². The number of carboxylic acid groups (broad SMARTS) is 1. The van der Waals surface area contributed by atoms with Crippen LogP contribution < -0.4 is 0 Å². The van der Waals surface area contributed by atoms with Gasteiger partial charge in [-0.1, -0.05) is 177 Å². The fourth-order valence-corrected chi connectivity index (χ4v) is 7.17. The molecule has 0 bridgehead atoms. The molecule has 0 aliphatic rings. The van der Waals surface area contributed by atoms with Crippen LogP contribution in [-0.4, -0.2) is 80.6 Å². The molecule has 0 rings (SSSR count). The fourth-order valence-electron chi connectivity index (χ4n) is 7.17. The molecule has 0 amide bonds. The number of unbranched alkanes of at least 4 members (excludes halogenated alkanes) is 19. The molecule has 0 aliphatic carbocycles. The van der Waals surface area contributed by atoms with Crippen LogP contribution in [0.4, 0.5) is 0 Å². The van der Waals surface area contributed by atoms with Crippen molar-refractivity contribution in [2.24, 2.45) is 0 Å². The maximum atomic E-state index is 12.8. The van der Waals surface area contributed by atoms with Crippen LogP contribution >= 0.6 is 0 Å². The van der Waals surface area contributed by atoms with E-state index in [-0.39, 0.29) is 42.7 Å². The highest BCUT2D eigenvalue weighted by Gasteiger charge is 2.31. The number of quaternary nitrogens is 1. The van der Waals surface area contributed by atoms with Crippen molar-refractivity contribution in [1.82, 2.24) is 0 Å². The maximum absolute atomic E-state index is 12.8. The normalized spacial score (nSPS) is 13.5. The van der Waals surface area contributed by atoms with Crippen molar-refractivity contribution < 1.29 is 38.2 Å². The molecule has 63 heavy (non-hydrogen) atoms. The van der Waals surface area contributed by atoms with E-state index in [2.05, 4.69) is 86.8 Å². The van der Waals surface area contributed by atoms with Gasteiger partial charge in [-0.05, 0) is 83.5 Å². The van der Waals surface area contributed by atoms with Gasteiger partial charge >= 0.3 is 17.9 Å². The standard InChI is InChI=1S/C55H95NO7/c1-6-8-10-12-14-16-18-20-22-24-25-26-27-28-29-30-32-33-35-37-39-41-43-45-53(57)62-50-51(49-61-48-47-52(55(59)60)56(3,4)5)63-54(58)46-44-42-40-38-36-34-31-23-21-19-17-15-13-11-9-7-2/h9,11,15,17,21,23,25-26,28-29,34,36,51-52H,6-8,10,12-14,16,18-20,22,24,27,30-33,35,37-50H2,1-5H3/p+1/b11-9+,17-15+,23-21+,26-25+,29-28+,36-34+. The molecule has 0 aromatic carbocycles. The number of esters is 2. The van der Waals surface area contributed by atoms with Crippen molar-refractivity contribution in [3.05, 3.63) is 72.9 Å². The lowest BCUT2D eigenvalue weighted by Gasteiger charge is -2.31. The predicted octanol–water partition coefficient (Wildman–Crippen LogP) is 14.7. The number of likely N-dealkylation sites (N-methyl/N-ethyl adjacent to an activating group) is 1. The molecule has 0 heterocycles. The third-order valence-corrected chi connectivity index (χ3v) is 11.1. The van der Waals surface area contributed by atoms with E-state index in [0.29, 0.717) is 12.8 Å². The van der Waals surface area contributed by atoms with Crippen LogP contribution in [0.25, 0.3) is 0 Å². The number of carboxylic acids is 1. The molecule has 0 saturated carbocycles. The fraction of sp³-hybridized carbons (Fsp3) is 0.727. The Hall–Kier alpha value is -3.23. The maximum Gasteiger partial charge on any atom is 0.362 e. The van der Waals surface area contributed by atoms with Gasteiger partial charge in [-0.2, -0.15) is 0 Å². The first-order chi connectivity index (χ1) is 30.6. The van der Waals surface area contributed by atoms with Gasteiger partial charge in [0.25, 0.3) is 0 Å². The van der Waals surface area contributed by atoms with Gasteiger partial charge in [0, 0.05) is 19.3 Å². The smallest absolute Gasteiger partial charge is 0.362 e. The van der Waals surface area contributed by atoms with E-state index in [4.69, 9.17) is 14.2 Å². The molecule has 0 radical (unpaired) electrons. The second-order valence-corrected chi connectivity index (χ2v) is 18.0. The Morgan fingerprint density at radius 1 is 0.492 bits per heavy atom. The number of carbonyl (C=O) groups excluding carboxylic acids is 2. The summed E-state index contributed by atoms with van der Waals surface area (Å²) in [5, 5.41) is 9.65. The Balaban J connectivity index is 4.29. The molecule has 2 unspecified atom stereocenters. The SMILES string of the molecule is CC/C=C/C/C=C/C/C=C/C/C=C/CCCCCC(=O)OC(COCCC(C(=O)O)[N+](C)(C)C)COC(=O)CCCCCCCCC/C=C/C/C=C/CCCCCCCCCCC. The van der Waals surface area contributed by atoms with Crippen molar-refractivity contribution in [3.8, 4) is 0 Å². The Morgan fingerprint density at radius 2 is 0.889 bits per heavy atom. The van der Waals surface area contributed by atoms with Gasteiger partial charge in [0.05, 0.1) is 34.4 Å². The summed E-state index contributed by atoms with van der Waals surface area (Å²) in [6, 6.07) is -0.626. The van der Waals surface area contributed by atoms with Crippen molar-refractivity contribution in [1.29, 1.82) is 0 Å². The zero-order valence-electron chi connectivity index (χ0n) is 41.3. The summed E-state index contributed by atoms with van der Waals surface area (Å²) >= 11 is 0. The molecule has 2 atom stereocenters. The molecule has 8 heteroatoms. The molecule has 1 N–H and O–H groups in total. The Kier molecular flexibility index (Phi) is 43.0. The molecule has 0 aliphatic heterocycles. The molecule has 0 aromatic heterocycles. The van der Waals surface area contributed by atoms with E-state index in [1.807, 2.05) is 21.1 Å². The number of aliphatic carboxylic acids is 1. The number of allylic oxidation sites excluding steroid dienone is 12. The number of nitrogens with zero attached hydrogens (tertiary/aromatic N) is 1. The van der Waals surface area contributed by atoms with Crippen LogP contribution in [0.15, 0.2) is 72.9 Å². The van der Waals surface area contributed by atoms with Crippen LogP contribution in [0, 0.1) is 0 Å². The number of rotatable bonds is 45. The van der Waals surface area contributed by atoms with Crippen molar-refractivity contribution in [2.45, 2.75) is 219 Å². The van der Waals surface area contributed by atoms with Gasteiger partial charge in [0.1, 0.15) is 6.61 Å². The lowest BCUT2D eigenvalue weighted by molar-refractivity contribution is -0.887. The average Bonchev–Trinajstić information content (AvgIpc) is 3.24. The lowest BCUT2D eigenvalue weighted by atomic mass is 10.1. The summed E-state index contributed by atoms with van der Waals surface area (Å²) < 4.78 is 17.3. The molecule has 0 fully saturated rings. The largest absolute Gasteiger partial charge is 0.477 e. The van der Waals surface area contributed by atoms with E-state index in [1.54, 1.807) is 0 Å². The minimum atomic E-state index is -0.883. The summed E-state index contributed by atoms with van der Waals surface area (Å²) in [5.74, 6) is -1.52. The molecule has 8 nitrogen and oxygen atoms in total. The van der Waals surface area contributed by atoms with Crippen LogP contribution in [0.5, 0.6) is 0 Å². The highest BCUT2D eigenvalue weighted by atomic mass is 16.6. The topological polar surface area (TPSA) is 99.1 Å². The molecule has 362 valence electrons. The number of carbonyl (C=O) groups is 3. The van der Waals surface area contributed by atoms with Gasteiger partial charge in [-0.25, -0.2) is 4.79 Å². The highest BCUT2D eigenvalue weighted by molar-refractivity contribution is 5.72. The molecular weight excluding hydrogens is 787 g/mol. The van der Waals surface area contributed by atoms with E-state index >= 15 is 0 Å². The summed E-state index contributed by atoms with van der Waals surface area (Å²) in [6.07, 6.45) is 58.1. The number of hydrogen-bond donors (Lipinski definition) is 1. The Morgan fingerprint density at radius 3 is 1.33 bits per heavy atom. The second-order valence-electron chi connectivity index (χ2n) is 18.0. The van der Waals surface area contributed by atoms with E-state index in [9.17, 15) is 19.5 Å². The zero-order chi connectivity index (χ0) is 46.3. The minimum Gasteiger partial charge on any atom is -0.477 e. The van der Waals surface area contributed by atoms with Gasteiger partial charge in [-0.3, -0.25) is 9.59 Å². The van der Waals surface area contributed by atoms with Crippen LogP contribution in [0.2, 0.25) is 0 Å². The highest BCUT2D eigenvalue weighted by Crippen LogP contribution is 2.14. The minimum absolute atomic E-state index is 0.0423. The molecule has 0 saturated heterocycles. The van der Waals surface area contributed by atoms with Crippen molar-refractivity contribution in [2.75, 3.05) is 41.0 Å². The van der Waals surface area contributed by atoms with Gasteiger partial charge in [0.2, 0.25) is 0 Å². The number of ether oxygens (including phenoxy) is 3. The van der Waals surface area contributed by atoms with Crippen LogP contribution in [0.1, 0.15) is 206 Å². The van der Waals surface area contributed by atoms with Crippen molar-refractivity contribution >= 4 is 17.9 Å². The monoisotopic (exact) mass is 883 g/mol. The van der Waals surface area contributed by atoms with Gasteiger partial charge in [0.15, 0.2) is 12.1 Å². The van der Waals surface area contributed by atoms with Crippen LogP contribution in [-0.2, 0) is 28.6 Å². The first-order valence-corrected chi connectivity index (χ1v) is 25.5. The van der Waals surface area contributed by atoms with Crippen LogP contribution in [0.3, 0.4) is 0 Å². The van der Waals surface area contributed by atoms with Crippen molar-refractivity contribution in [3.63, 3.8) is 0 Å². The lowest BCUT2D eigenvalue weighted by Crippen LogP contribution is -2.50. The first-order valence-electron chi connectivity index (χ1n) is 25.5. The molecule has 0 spiro atoms. The summed E-state index contributed by atoms with van der Waals surface area (Å²) in [5.41, 5.74) is 0. The van der Waals surface area contributed by atoms with E-state index in [1.165, 1.54) is 89.9 Å². The average molecular weight is 883 g/mol. The zero-order valence-corrected chi connectivity index (χ0v) is 41.3. The third-order valence-electron chi connectivity index (χ3n) is 11.1. The second kappa shape index (κ2) is 45.3. The first kappa shape index (κ1) is 59.8. The van der Waals surface area contributed by atoms with Gasteiger partial charge < -0.3 is 23.8 Å². The molecule has 0 aromatic rings. The van der Waals surface area contributed by atoms with Gasteiger partial charge in [-0.15, -0.1) is 0 Å². The summed E-state index contributed by atoms with van der Waals surface area (Å²) in [7, 11) is 5.51. The Bertz CT molecular complexity index is 1260. The third kappa shape index (κ3) is 43.8. The quantitative estimate of drug-likeness (QED) is 0.0281. The summed E-state index contributed by atoms with van der Waals surface area (Å²) in [6.45, 7) is 4.58. The molecular formula is C55H96NO7+. The predicted molar refractivity (Wildman–Crippen MR) is 266 cm³/mol. The Labute approximate surface area is 387 Å². The summed E-state index contributed by atoms with van der Waals surface area (Å²) in [4.78, 5) is 37.1.